The molecule has 1 aromatic carbocycles. The van der Waals surface area contributed by atoms with Crippen molar-refractivity contribution in [1.82, 2.24) is 0 Å². The fraction of sp³-hybridized carbons (Fsp3) is 0.611. The summed E-state index contributed by atoms with van der Waals surface area (Å²) in [6.07, 6.45) is 3.06. The summed E-state index contributed by atoms with van der Waals surface area (Å²) in [5.74, 6) is 1.89. The predicted molar refractivity (Wildman–Crippen MR) is 85.7 cm³/mol. The van der Waals surface area contributed by atoms with Crippen LogP contribution in [0.5, 0.6) is 0 Å². The molecular weight excluding hydrogens is 278 g/mol. The SMILES string of the molecule is CC1(C)[C@H]2C[C@H](CCO)[C@@H](N=C(OO)c3ccccc3)[C@@H]1C2. The third kappa shape index (κ3) is 2.55. The molecule has 0 spiro atoms. The van der Waals surface area contributed by atoms with Crippen molar-refractivity contribution in [2.24, 2.45) is 28.2 Å². The summed E-state index contributed by atoms with van der Waals surface area (Å²) in [4.78, 5) is 9.36. The Balaban J connectivity index is 1.90. The van der Waals surface area contributed by atoms with Crippen molar-refractivity contribution in [2.75, 3.05) is 6.61 Å². The second kappa shape index (κ2) is 6.01. The van der Waals surface area contributed by atoms with Crippen LogP contribution in [0.3, 0.4) is 0 Å². The van der Waals surface area contributed by atoms with Gasteiger partial charge < -0.3 is 9.99 Å². The molecule has 0 radical (unpaired) electrons. The molecule has 4 atom stereocenters. The predicted octanol–water partition coefficient (Wildman–Crippen LogP) is 3.36. The summed E-state index contributed by atoms with van der Waals surface area (Å²) in [7, 11) is 0. The van der Waals surface area contributed by atoms with Crippen LogP contribution in [0.2, 0.25) is 0 Å². The average molecular weight is 303 g/mol. The second-order valence-electron chi connectivity index (χ2n) is 7.25. The molecule has 0 unspecified atom stereocenters. The van der Waals surface area contributed by atoms with Crippen LogP contribution in [0, 0.1) is 23.2 Å². The van der Waals surface area contributed by atoms with E-state index in [4.69, 9.17) is 4.99 Å². The molecule has 3 aliphatic carbocycles. The van der Waals surface area contributed by atoms with E-state index in [-0.39, 0.29) is 24.0 Å². The molecule has 3 aliphatic rings. The van der Waals surface area contributed by atoms with E-state index in [0.717, 1.165) is 24.3 Å². The average Bonchev–Trinajstić information content (AvgIpc) is 2.54. The molecule has 1 aromatic rings. The van der Waals surface area contributed by atoms with Crippen LogP contribution in [0.25, 0.3) is 0 Å². The largest absolute Gasteiger partial charge is 0.396 e. The molecule has 0 saturated heterocycles. The van der Waals surface area contributed by atoms with Gasteiger partial charge in [0.05, 0.1) is 6.04 Å². The van der Waals surface area contributed by atoms with E-state index in [0.29, 0.717) is 11.8 Å². The number of hydrogen-bond acceptors (Lipinski definition) is 4. The van der Waals surface area contributed by atoms with Gasteiger partial charge in [-0.1, -0.05) is 32.0 Å². The van der Waals surface area contributed by atoms with E-state index in [1.54, 1.807) is 0 Å². The number of rotatable bonds is 4. The molecular formula is C18H25NO3. The van der Waals surface area contributed by atoms with Gasteiger partial charge in [0.25, 0.3) is 5.90 Å². The van der Waals surface area contributed by atoms with Gasteiger partial charge in [-0.05, 0) is 54.6 Å². The zero-order valence-corrected chi connectivity index (χ0v) is 13.3. The van der Waals surface area contributed by atoms with Crippen LogP contribution in [-0.4, -0.2) is 28.9 Å². The number of hydrogen-bond donors (Lipinski definition) is 2. The van der Waals surface area contributed by atoms with Crippen molar-refractivity contribution in [3.05, 3.63) is 35.9 Å². The molecule has 22 heavy (non-hydrogen) atoms. The summed E-state index contributed by atoms with van der Waals surface area (Å²) in [6.45, 7) is 4.81. The van der Waals surface area contributed by atoms with E-state index < -0.39 is 0 Å². The molecule has 0 amide bonds. The van der Waals surface area contributed by atoms with E-state index in [2.05, 4.69) is 18.7 Å². The maximum absolute atomic E-state index is 9.35. The topological polar surface area (TPSA) is 62.1 Å². The Morgan fingerprint density at radius 2 is 2.00 bits per heavy atom. The minimum absolute atomic E-state index is 0.106. The molecule has 2 N–H and O–H groups in total. The molecule has 3 fully saturated rings. The Hall–Kier alpha value is -1.39. The number of aliphatic hydroxyl groups excluding tert-OH is 1. The van der Waals surface area contributed by atoms with Crippen molar-refractivity contribution in [1.29, 1.82) is 0 Å². The minimum Gasteiger partial charge on any atom is -0.396 e. The molecule has 3 saturated carbocycles. The van der Waals surface area contributed by atoms with Crippen molar-refractivity contribution in [3.63, 3.8) is 0 Å². The van der Waals surface area contributed by atoms with E-state index in [1.807, 2.05) is 30.3 Å². The van der Waals surface area contributed by atoms with Gasteiger partial charge in [-0.15, -0.1) is 0 Å². The van der Waals surface area contributed by atoms with Gasteiger partial charge in [-0.3, -0.25) is 0 Å². The molecule has 0 aromatic heterocycles. The zero-order valence-electron chi connectivity index (χ0n) is 13.3. The maximum Gasteiger partial charge on any atom is 0.258 e. The second-order valence-corrected chi connectivity index (χ2v) is 7.25. The van der Waals surface area contributed by atoms with Gasteiger partial charge in [0.15, 0.2) is 0 Å². The van der Waals surface area contributed by atoms with Gasteiger partial charge in [0.2, 0.25) is 0 Å². The smallest absolute Gasteiger partial charge is 0.258 e. The van der Waals surface area contributed by atoms with Gasteiger partial charge in [-0.2, -0.15) is 0 Å². The van der Waals surface area contributed by atoms with Crippen molar-refractivity contribution in [3.8, 4) is 0 Å². The lowest BCUT2D eigenvalue weighted by Gasteiger charge is -2.61. The Morgan fingerprint density at radius 3 is 2.59 bits per heavy atom. The zero-order chi connectivity index (χ0) is 15.7. The lowest BCUT2D eigenvalue weighted by molar-refractivity contribution is -0.156. The standard InChI is InChI=1S/C18H25NO3/c1-18(2)14-10-13(8-9-20)16(15(18)11-14)19-17(22-21)12-6-4-3-5-7-12/h3-7,13-16,20-21H,8-11H2,1-2H3/t13-,14-,15-,16+/m0/s1. The highest BCUT2D eigenvalue weighted by Crippen LogP contribution is 2.62. The highest BCUT2D eigenvalue weighted by Gasteiger charge is 2.57. The maximum atomic E-state index is 9.35. The van der Waals surface area contributed by atoms with Crippen molar-refractivity contribution in [2.45, 2.75) is 39.2 Å². The van der Waals surface area contributed by atoms with E-state index in [9.17, 15) is 10.4 Å². The molecule has 4 heteroatoms. The summed E-state index contributed by atoms with van der Waals surface area (Å²) >= 11 is 0. The van der Waals surface area contributed by atoms with Crippen LogP contribution in [0.15, 0.2) is 35.3 Å². The highest BCUT2D eigenvalue weighted by molar-refractivity contribution is 5.93. The fourth-order valence-electron chi connectivity index (χ4n) is 4.39. The molecule has 4 rings (SSSR count). The van der Waals surface area contributed by atoms with Crippen LogP contribution in [-0.2, 0) is 4.89 Å². The molecule has 4 nitrogen and oxygen atoms in total. The van der Waals surface area contributed by atoms with E-state index in [1.165, 1.54) is 6.42 Å². The number of fused-ring (bicyclic) bond motifs is 2. The number of benzene rings is 1. The van der Waals surface area contributed by atoms with Gasteiger partial charge in [-0.25, -0.2) is 10.2 Å². The number of aliphatic hydroxyl groups is 1. The van der Waals surface area contributed by atoms with Crippen molar-refractivity contribution < 1.29 is 15.3 Å². The Kier molecular flexibility index (Phi) is 4.24. The molecule has 2 bridgehead atoms. The van der Waals surface area contributed by atoms with Gasteiger partial charge in [0, 0.05) is 12.2 Å². The minimum atomic E-state index is 0.106. The van der Waals surface area contributed by atoms with Gasteiger partial charge >= 0.3 is 0 Å². The highest BCUT2D eigenvalue weighted by atomic mass is 17.1. The Morgan fingerprint density at radius 1 is 1.27 bits per heavy atom. The lowest BCUT2D eigenvalue weighted by atomic mass is 9.45. The Labute approximate surface area is 131 Å². The van der Waals surface area contributed by atoms with Crippen molar-refractivity contribution >= 4 is 5.90 Å². The first-order chi connectivity index (χ1) is 10.6. The summed E-state index contributed by atoms with van der Waals surface area (Å²) in [5.41, 5.74) is 1.07. The first kappa shape index (κ1) is 15.5. The number of nitrogens with zero attached hydrogens (tertiary/aromatic N) is 1. The van der Waals surface area contributed by atoms with Crippen LogP contribution in [0.4, 0.5) is 0 Å². The quantitative estimate of drug-likeness (QED) is 0.388. The summed E-state index contributed by atoms with van der Waals surface area (Å²) in [5, 5.41) is 18.6. The van der Waals surface area contributed by atoms with Crippen LogP contribution >= 0.6 is 0 Å². The Bertz CT molecular complexity index is 541. The third-order valence-electron chi connectivity index (χ3n) is 5.90. The first-order valence-electron chi connectivity index (χ1n) is 8.13. The molecule has 120 valence electrons. The number of aliphatic imine (C=N–C) groups is 1. The first-order valence-corrected chi connectivity index (χ1v) is 8.13. The third-order valence-corrected chi connectivity index (χ3v) is 5.90. The van der Waals surface area contributed by atoms with Crippen LogP contribution in [0.1, 0.15) is 38.7 Å². The van der Waals surface area contributed by atoms with Gasteiger partial charge in [0.1, 0.15) is 0 Å². The molecule has 0 heterocycles. The lowest BCUT2D eigenvalue weighted by Crippen LogP contribution is -2.58. The summed E-state index contributed by atoms with van der Waals surface area (Å²) < 4.78 is 0. The monoisotopic (exact) mass is 303 g/mol. The van der Waals surface area contributed by atoms with Crippen LogP contribution < -0.4 is 0 Å². The van der Waals surface area contributed by atoms with E-state index >= 15 is 0 Å². The normalized spacial score (nSPS) is 33.2. The fourth-order valence-corrected chi connectivity index (χ4v) is 4.39. The molecule has 0 aliphatic heterocycles. The summed E-state index contributed by atoms with van der Waals surface area (Å²) in [6, 6.07) is 9.60.